The van der Waals surface area contributed by atoms with Crippen LogP contribution in [0.5, 0.6) is 0 Å². The molecule has 0 unspecified atom stereocenters. The average Bonchev–Trinajstić information content (AvgIpc) is 2.70. The maximum Gasteiger partial charge on any atom is 0.238 e. The molecule has 2 aromatic rings. The highest BCUT2D eigenvalue weighted by Crippen LogP contribution is 2.27. The number of rotatable bonds is 5. The number of anilines is 2. The van der Waals surface area contributed by atoms with E-state index >= 15 is 0 Å². The van der Waals surface area contributed by atoms with Crippen molar-refractivity contribution in [2.45, 2.75) is 59.3 Å². The minimum absolute atomic E-state index is 0.0149. The van der Waals surface area contributed by atoms with Crippen LogP contribution < -0.4 is 10.6 Å². The summed E-state index contributed by atoms with van der Waals surface area (Å²) in [7, 11) is 3.76. The first kappa shape index (κ1) is 31.0. The molecule has 2 aromatic carbocycles. The smallest absolute Gasteiger partial charge is 0.238 e. The molecule has 2 N–H and O–H groups in total. The highest BCUT2D eigenvalue weighted by atomic mass is 19.1. The van der Waals surface area contributed by atoms with Crippen molar-refractivity contribution in [3.8, 4) is 0 Å². The Labute approximate surface area is 226 Å². The number of benzene rings is 2. The van der Waals surface area contributed by atoms with E-state index < -0.39 is 0 Å². The van der Waals surface area contributed by atoms with Gasteiger partial charge in [-0.2, -0.15) is 0 Å². The molecule has 1 heterocycles. The number of nitrogens with zero attached hydrogens (tertiary/aromatic N) is 2. The molecular weight excluding hydrogens is 483 g/mol. The van der Waals surface area contributed by atoms with Crippen molar-refractivity contribution >= 4 is 29.1 Å². The van der Waals surface area contributed by atoms with Crippen LogP contribution in [0, 0.1) is 11.7 Å². The van der Waals surface area contributed by atoms with Gasteiger partial charge in [0.05, 0.1) is 12.5 Å². The van der Waals surface area contributed by atoms with Gasteiger partial charge in [0.15, 0.2) is 0 Å². The van der Waals surface area contributed by atoms with Crippen molar-refractivity contribution in [2.75, 3.05) is 44.4 Å². The van der Waals surface area contributed by atoms with E-state index in [1.165, 1.54) is 24.6 Å². The van der Waals surface area contributed by atoms with Crippen LogP contribution in [0.4, 0.5) is 15.8 Å². The molecule has 3 rings (SSSR count). The number of hydrogen-bond donors (Lipinski definition) is 2. The van der Waals surface area contributed by atoms with E-state index in [4.69, 9.17) is 0 Å². The summed E-state index contributed by atoms with van der Waals surface area (Å²) in [6.45, 7) is 15.2. The molecule has 0 radical (unpaired) electrons. The van der Waals surface area contributed by atoms with Gasteiger partial charge in [0.1, 0.15) is 5.82 Å². The second-order valence-corrected chi connectivity index (χ2v) is 12.2. The van der Waals surface area contributed by atoms with E-state index in [0.717, 1.165) is 11.3 Å². The average molecular weight is 527 g/mol. The predicted octanol–water partition coefficient (Wildman–Crippen LogP) is 5.02. The Morgan fingerprint density at radius 2 is 1.47 bits per heavy atom. The first-order chi connectivity index (χ1) is 17.5. The number of carbonyl (C=O) groups excluding carboxylic acids is 3. The molecule has 0 aliphatic carbocycles. The molecular formula is C30H43FN4O3. The third-order valence-electron chi connectivity index (χ3n) is 6.20. The minimum Gasteiger partial charge on any atom is -0.341 e. The summed E-state index contributed by atoms with van der Waals surface area (Å²) in [6.07, 6.45) is 0. The lowest BCUT2D eigenvalue weighted by Gasteiger charge is -2.37. The monoisotopic (exact) mass is 526 g/mol. The van der Waals surface area contributed by atoms with Crippen molar-refractivity contribution in [1.29, 1.82) is 0 Å². The van der Waals surface area contributed by atoms with Crippen LogP contribution in [-0.2, 0) is 25.2 Å². The molecule has 0 bridgehead atoms. The Kier molecular flexibility index (Phi) is 10.2. The van der Waals surface area contributed by atoms with Crippen molar-refractivity contribution in [3.63, 3.8) is 0 Å². The minimum atomic E-state index is -0.364. The van der Waals surface area contributed by atoms with E-state index in [1.54, 1.807) is 11.0 Å². The van der Waals surface area contributed by atoms with Gasteiger partial charge in [0.25, 0.3) is 0 Å². The Morgan fingerprint density at radius 1 is 0.895 bits per heavy atom. The van der Waals surface area contributed by atoms with Gasteiger partial charge in [-0.3, -0.25) is 14.4 Å². The highest BCUT2D eigenvalue weighted by molar-refractivity contribution is 5.94. The number of likely N-dealkylation sites (tertiary alicyclic amines) is 1. The fourth-order valence-corrected chi connectivity index (χ4v) is 3.79. The zero-order chi connectivity index (χ0) is 28.8. The Hall–Kier alpha value is -3.26. The Balaban J connectivity index is 0.000000273. The van der Waals surface area contributed by atoms with E-state index in [0.29, 0.717) is 25.3 Å². The van der Waals surface area contributed by atoms with Crippen LogP contribution in [0.1, 0.15) is 59.6 Å². The molecule has 7 nitrogen and oxygen atoms in total. The fourth-order valence-electron chi connectivity index (χ4n) is 3.79. The second-order valence-electron chi connectivity index (χ2n) is 12.2. The number of hydrogen-bond acceptors (Lipinski definition) is 4. The zero-order valence-electron chi connectivity index (χ0n) is 24.2. The van der Waals surface area contributed by atoms with E-state index in [2.05, 4.69) is 37.5 Å². The number of likely N-dealkylation sites (N-methyl/N-ethyl adjacent to an activating group) is 1. The van der Waals surface area contributed by atoms with Gasteiger partial charge < -0.3 is 20.4 Å². The van der Waals surface area contributed by atoms with Gasteiger partial charge >= 0.3 is 0 Å². The molecule has 0 aromatic heterocycles. The third-order valence-corrected chi connectivity index (χ3v) is 6.20. The number of carbonyl (C=O) groups is 3. The molecule has 3 amide bonds. The van der Waals surface area contributed by atoms with Crippen molar-refractivity contribution in [1.82, 2.24) is 9.80 Å². The largest absolute Gasteiger partial charge is 0.341 e. The first-order valence-electron chi connectivity index (χ1n) is 12.9. The SMILES string of the molecule is CC(=O)N1CC(C(=O)Nc2cc(F)cc(C(C)(C)C)c2)C1.CN(C)CC(=O)Nc1cccc(C(C)(C)C)c1. The van der Waals surface area contributed by atoms with Crippen LogP contribution in [0.2, 0.25) is 0 Å². The molecule has 0 spiro atoms. The number of nitrogens with one attached hydrogen (secondary N) is 2. The molecule has 1 aliphatic rings. The maximum absolute atomic E-state index is 13.7. The fraction of sp³-hybridized carbons (Fsp3) is 0.500. The number of halogens is 1. The quantitative estimate of drug-likeness (QED) is 0.573. The topological polar surface area (TPSA) is 81.8 Å². The lowest BCUT2D eigenvalue weighted by Crippen LogP contribution is -2.53. The van der Waals surface area contributed by atoms with Crippen molar-refractivity contribution in [3.05, 3.63) is 59.4 Å². The highest BCUT2D eigenvalue weighted by Gasteiger charge is 2.34. The third kappa shape index (κ3) is 9.56. The maximum atomic E-state index is 13.7. The molecule has 8 heteroatoms. The standard InChI is InChI=1S/C16H21FN2O2.C14H22N2O/c1-10(20)19-8-11(9-19)15(21)18-14-6-12(16(2,3)4)5-13(17)7-14;1-14(2,3)11-7-6-8-12(9-11)15-13(17)10-16(4)5/h5-7,11H,8-9H2,1-4H3,(H,18,21);6-9H,10H2,1-5H3,(H,15,17). The summed E-state index contributed by atoms with van der Waals surface area (Å²) in [5.74, 6) is -0.759. The molecule has 1 fully saturated rings. The molecule has 208 valence electrons. The summed E-state index contributed by atoms with van der Waals surface area (Å²) >= 11 is 0. The van der Waals surface area contributed by atoms with Crippen LogP contribution >= 0.6 is 0 Å². The van der Waals surface area contributed by atoms with Gasteiger partial charge in [-0.25, -0.2) is 4.39 Å². The zero-order valence-corrected chi connectivity index (χ0v) is 24.2. The van der Waals surface area contributed by atoms with Gasteiger partial charge in [0, 0.05) is 31.4 Å². The van der Waals surface area contributed by atoms with E-state index in [9.17, 15) is 18.8 Å². The Morgan fingerprint density at radius 3 is 2.00 bits per heavy atom. The normalized spacial score (nSPS) is 13.8. The lowest BCUT2D eigenvalue weighted by molar-refractivity contribution is -0.139. The molecule has 1 aliphatic heterocycles. The summed E-state index contributed by atoms with van der Waals surface area (Å²) in [6, 6.07) is 12.6. The van der Waals surface area contributed by atoms with Gasteiger partial charge in [-0.15, -0.1) is 0 Å². The van der Waals surface area contributed by atoms with Gasteiger partial charge in [0.2, 0.25) is 17.7 Å². The van der Waals surface area contributed by atoms with Gasteiger partial charge in [-0.05, 0) is 66.4 Å². The van der Waals surface area contributed by atoms with E-state index in [-0.39, 0.29) is 40.3 Å². The Bertz CT molecular complexity index is 1140. The predicted molar refractivity (Wildman–Crippen MR) is 152 cm³/mol. The summed E-state index contributed by atoms with van der Waals surface area (Å²) in [5, 5.41) is 5.64. The number of amides is 3. The van der Waals surface area contributed by atoms with Crippen LogP contribution in [0.25, 0.3) is 0 Å². The first-order valence-corrected chi connectivity index (χ1v) is 12.9. The van der Waals surface area contributed by atoms with E-state index in [1.807, 2.05) is 58.0 Å². The molecule has 38 heavy (non-hydrogen) atoms. The lowest BCUT2D eigenvalue weighted by atomic mass is 9.86. The van der Waals surface area contributed by atoms with Crippen molar-refractivity contribution < 1.29 is 18.8 Å². The van der Waals surface area contributed by atoms with Crippen LogP contribution in [0.3, 0.4) is 0 Å². The molecule has 0 saturated carbocycles. The van der Waals surface area contributed by atoms with Crippen molar-refractivity contribution in [2.24, 2.45) is 5.92 Å². The summed E-state index contributed by atoms with van der Waals surface area (Å²) < 4.78 is 13.7. The van der Waals surface area contributed by atoms with Gasteiger partial charge in [-0.1, -0.05) is 53.7 Å². The molecule has 0 atom stereocenters. The summed E-state index contributed by atoms with van der Waals surface area (Å²) in [5.41, 5.74) is 3.29. The molecule has 1 saturated heterocycles. The summed E-state index contributed by atoms with van der Waals surface area (Å²) in [4.78, 5) is 38.2. The second kappa shape index (κ2) is 12.5. The van der Waals surface area contributed by atoms with Crippen LogP contribution in [0.15, 0.2) is 42.5 Å². The van der Waals surface area contributed by atoms with Crippen LogP contribution in [-0.4, -0.2) is 61.3 Å².